The fraction of sp³-hybridized carbons (Fsp3) is 0.125. The first-order valence-electron chi connectivity index (χ1n) is 6.51. The Bertz CT molecular complexity index is 763. The second-order valence-electron chi connectivity index (χ2n) is 4.53. The van der Waals surface area contributed by atoms with Gasteiger partial charge in [-0.05, 0) is 6.92 Å². The van der Waals surface area contributed by atoms with Crippen molar-refractivity contribution in [3.8, 4) is 17.2 Å². The summed E-state index contributed by atoms with van der Waals surface area (Å²) in [6.07, 6.45) is 0. The highest BCUT2D eigenvalue weighted by Crippen LogP contribution is 2.42. The van der Waals surface area contributed by atoms with Crippen LogP contribution in [0.2, 0.25) is 0 Å². The molecule has 2 aromatic rings. The average Bonchev–Trinajstić information content (AvgIpc) is 2.49. The van der Waals surface area contributed by atoms with Gasteiger partial charge in [-0.2, -0.15) is 0 Å². The van der Waals surface area contributed by atoms with E-state index in [4.69, 9.17) is 5.11 Å². The van der Waals surface area contributed by atoms with Gasteiger partial charge in [0.2, 0.25) is 0 Å². The maximum absolute atomic E-state index is 12.2. The number of hydrogen-bond donors (Lipinski definition) is 4. The van der Waals surface area contributed by atoms with Crippen molar-refractivity contribution in [2.45, 2.75) is 6.92 Å². The molecule has 6 heteroatoms. The van der Waals surface area contributed by atoms with Gasteiger partial charge >= 0.3 is 0 Å². The lowest BCUT2D eigenvalue weighted by Gasteiger charge is -2.19. The number of ketones is 2. The van der Waals surface area contributed by atoms with Crippen molar-refractivity contribution in [1.29, 1.82) is 0 Å². The van der Waals surface area contributed by atoms with Crippen LogP contribution < -0.4 is 0 Å². The van der Waals surface area contributed by atoms with E-state index in [1.807, 2.05) is 0 Å². The van der Waals surface area contributed by atoms with Crippen LogP contribution in [0.4, 0.5) is 0 Å². The minimum absolute atomic E-state index is 0.139. The summed E-state index contributed by atoms with van der Waals surface area (Å²) >= 11 is 0. The minimum Gasteiger partial charge on any atom is -0.507 e. The highest BCUT2D eigenvalue weighted by atomic mass is 16.3. The number of aromatic hydroxyl groups is 3. The monoisotopic (exact) mass is 302 g/mol. The number of aliphatic hydroxyl groups excluding tert-OH is 1. The molecule has 22 heavy (non-hydrogen) atoms. The zero-order chi connectivity index (χ0) is 16.4. The lowest BCUT2D eigenvalue weighted by Crippen LogP contribution is -2.21. The smallest absolute Gasteiger partial charge is 0.198 e. The lowest BCUT2D eigenvalue weighted by molar-refractivity contribution is 0.0973. The largest absolute Gasteiger partial charge is 0.507 e. The molecule has 114 valence electrons. The van der Waals surface area contributed by atoms with Crippen molar-refractivity contribution in [2.75, 3.05) is 6.61 Å². The quantitative estimate of drug-likeness (QED) is 0.370. The average molecular weight is 302 g/mol. The molecule has 0 aromatic heterocycles. The molecule has 2 aromatic carbocycles. The van der Waals surface area contributed by atoms with E-state index in [0.717, 1.165) is 6.07 Å². The highest BCUT2D eigenvalue weighted by molar-refractivity contribution is 6.30. The van der Waals surface area contributed by atoms with Gasteiger partial charge < -0.3 is 20.4 Å². The molecule has 0 unspecified atom stereocenters. The Balaban J connectivity index is 0.000000545. The van der Waals surface area contributed by atoms with Gasteiger partial charge in [-0.15, -0.1) is 0 Å². The van der Waals surface area contributed by atoms with Gasteiger partial charge in [0, 0.05) is 23.8 Å². The van der Waals surface area contributed by atoms with Crippen molar-refractivity contribution in [3.05, 3.63) is 52.6 Å². The number of carbonyl (C=O) groups excluding carboxylic acids is 2. The Hall–Kier alpha value is -2.86. The Labute approximate surface area is 125 Å². The van der Waals surface area contributed by atoms with Crippen molar-refractivity contribution in [2.24, 2.45) is 0 Å². The van der Waals surface area contributed by atoms with E-state index in [9.17, 15) is 24.9 Å². The SMILES string of the molecule is CCO.O=C1c2ccccc2C(=O)c2c(O)c(O)cc(O)c21. The number of fused-ring (bicyclic) bond motifs is 2. The van der Waals surface area contributed by atoms with Crippen LogP contribution in [0.25, 0.3) is 0 Å². The third kappa shape index (κ3) is 2.29. The summed E-state index contributed by atoms with van der Waals surface area (Å²) in [6.45, 7) is 1.93. The number of benzene rings is 2. The van der Waals surface area contributed by atoms with E-state index in [0.29, 0.717) is 0 Å². The molecule has 0 fully saturated rings. The number of rotatable bonds is 0. The summed E-state index contributed by atoms with van der Waals surface area (Å²) in [6, 6.07) is 6.97. The van der Waals surface area contributed by atoms with Gasteiger partial charge in [0.1, 0.15) is 5.75 Å². The number of hydrogen-bond acceptors (Lipinski definition) is 6. The topological polar surface area (TPSA) is 115 Å². The van der Waals surface area contributed by atoms with E-state index < -0.39 is 28.8 Å². The molecule has 4 N–H and O–H groups in total. The van der Waals surface area contributed by atoms with Gasteiger partial charge in [-0.25, -0.2) is 0 Å². The zero-order valence-electron chi connectivity index (χ0n) is 11.7. The number of phenolic OH excluding ortho intramolecular Hbond substituents is 3. The Morgan fingerprint density at radius 2 is 1.32 bits per heavy atom. The summed E-state index contributed by atoms with van der Waals surface area (Å²) < 4.78 is 0. The van der Waals surface area contributed by atoms with Crippen LogP contribution in [0.1, 0.15) is 38.8 Å². The maximum atomic E-state index is 12.2. The second-order valence-corrected chi connectivity index (χ2v) is 4.53. The molecule has 0 radical (unpaired) electrons. The van der Waals surface area contributed by atoms with Crippen LogP contribution >= 0.6 is 0 Å². The van der Waals surface area contributed by atoms with Crippen LogP contribution in [0.15, 0.2) is 30.3 Å². The first-order valence-corrected chi connectivity index (χ1v) is 6.51. The Morgan fingerprint density at radius 1 is 0.864 bits per heavy atom. The molecule has 1 aliphatic rings. The molecule has 0 saturated carbocycles. The molecule has 3 rings (SSSR count). The molecule has 0 bridgehead atoms. The highest BCUT2D eigenvalue weighted by Gasteiger charge is 2.35. The van der Waals surface area contributed by atoms with Gasteiger partial charge in [-0.3, -0.25) is 9.59 Å². The molecule has 0 saturated heterocycles. The van der Waals surface area contributed by atoms with Crippen LogP contribution in [-0.2, 0) is 0 Å². The molecule has 1 aliphatic carbocycles. The van der Waals surface area contributed by atoms with E-state index in [1.54, 1.807) is 19.1 Å². The van der Waals surface area contributed by atoms with Crippen molar-refractivity contribution in [3.63, 3.8) is 0 Å². The van der Waals surface area contributed by atoms with Crippen LogP contribution in [-0.4, -0.2) is 38.6 Å². The summed E-state index contributed by atoms with van der Waals surface area (Å²) in [5.74, 6) is -3.03. The Morgan fingerprint density at radius 3 is 1.82 bits per heavy atom. The fourth-order valence-corrected chi connectivity index (χ4v) is 2.24. The van der Waals surface area contributed by atoms with Gasteiger partial charge in [-0.1, -0.05) is 24.3 Å². The molecule has 0 atom stereocenters. The first-order chi connectivity index (χ1) is 10.4. The zero-order valence-corrected chi connectivity index (χ0v) is 11.7. The van der Waals surface area contributed by atoms with E-state index in [-0.39, 0.29) is 28.9 Å². The van der Waals surface area contributed by atoms with Crippen LogP contribution in [0.3, 0.4) is 0 Å². The molecule has 6 nitrogen and oxygen atoms in total. The standard InChI is InChI=1S/C14H8O5.C2H6O/c15-8-5-9(16)14(19)11-10(8)12(17)6-3-1-2-4-7(6)13(11)18;1-2-3/h1-5,15-16,19H;3H,2H2,1H3. The van der Waals surface area contributed by atoms with Crippen molar-refractivity contribution < 1.29 is 30.0 Å². The van der Waals surface area contributed by atoms with Gasteiger partial charge in [0.05, 0.1) is 11.1 Å². The number of carbonyl (C=O) groups is 2. The fourth-order valence-electron chi connectivity index (χ4n) is 2.24. The number of aliphatic hydroxyl groups is 1. The lowest BCUT2D eigenvalue weighted by atomic mass is 9.83. The molecular weight excluding hydrogens is 288 g/mol. The number of phenols is 3. The Kier molecular flexibility index (Phi) is 4.14. The minimum atomic E-state index is -0.694. The van der Waals surface area contributed by atoms with Crippen LogP contribution in [0.5, 0.6) is 17.2 Å². The van der Waals surface area contributed by atoms with Crippen molar-refractivity contribution in [1.82, 2.24) is 0 Å². The molecule has 0 spiro atoms. The van der Waals surface area contributed by atoms with E-state index in [1.165, 1.54) is 12.1 Å². The maximum Gasteiger partial charge on any atom is 0.198 e. The van der Waals surface area contributed by atoms with Gasteiger partial charge in [0.25, 0.3) is 0 Å². The summed E-state index contributed by atoms with van der Waals surface area (Å²) in [5.41, 5.74) is -0.333. The third-order valence-corrected chi connectivity index (χ3v) is 3.13. The molecule has 0 amide bonds. The second kappa shape index (κ2) is 5.87. The predicted molar refractivity (Wildman–Crippen MR) is 77.5 cm³/mol. The van der Waals surface area contributed by atoms with Crippen LogP contribution in [0, 0.1) is 0 Å². The predicted octanol–water partition coefficient (Wildman–Crippen LogP) is 1.58. The molecule has 0 heterocycles. The van der Waals surface area contributed by atoms with E-state index in [2.05, 4.69) is 0 Å². The summed E-state index contributed by atoms with van der Waals surface area (Å²) in [5, 5.41) is 36.5. The summed E-state index contributed by atoms with van der Waals surface area (Å²) in [7, 11) is 0. The third-order valence-electron chi connectivity index (χ3n) is 3.13. The molecular formula is C16H14O6. The first kappa shape index (κ1) is 15.5. The van der Waals surface area contributed by atoms with Crippen molar-refractivity contribution >= 4 is 11.6 Å². The molecule has 0 aliphatic heterocycles. The summed E-state index contributed by atoms with van der Waals surface area (Å²) in [4.78, 5) is 24.5. The van der Waals surface area contributed by atoms with E-state index >= 15 is 0 Å². The normalized spacial score (nSPS) is 12.1. The van der Waals surface area contributed by atoms with Gasteiger partial charge in [0.15, 0.2) is 23.1 Å².